The van der Waals surface area contributed by atoms with E-state index in [4.69, 9.17) is 33.0 Å². The van der Waals surface area contributed by atoms with E-state index in [1.165, 1.54) is 6.20 Å². The summed E-state index contributed by atoms with van der Waals surface area (Å²) in [4.78, 5) is 29.3. The highest BCUT2D eigenvalue weighted by Crippen LogP contribution is 2.34. The van der Waals surface area contributed by atoms with Crippen LogP contribution in [0.1, 0.15) is 29.6 Å². The van der Waals surface area contributed by atoms with Gasteiger partial charge in [-0.05, 0) is 31.0 Å². The minimum atomic E-state index is -0.907. The van der Waals surface area contributed by atoms with Crippen molar-refractivity contribution < 1.29 is 19.4 Å². The highest BCUT2D eigenvalue weighted by molar-refractivity contribution is 6.42. The predicted molar refractivity (Wildman–Crippen MR) is 97.1 cm³/mol. The molecule has 1 fully saturated rings. The number of hydrogen-bond donors (Lipinski definition) is 1. The molecule has 2 aromatic rings. The fourth-order valence-electron chi connectivity index (χ4n) is 2.93. The van der Waals surface area contributed by atoms with Crippen LogP contribution in [0.25, 0.3) is 0 Å². The lowest BCUT2D eigenvalue weighted by molar-refractivity contribution is -0.137. The first kappa shape index (κ1) is 18.5. The van der Waals surface area contributed by atoms with E-state index in [0.29, 0.717) is 29.3 Å². The van der Waals surface area contributed by atoms with Crippen LogP contribution in [-0.4, -0.2) is 39.5 Å². The van der Waals surface area contributed by atoms with Gasteiger partial charge in [-0.25, -0.2) is 4.98 Å². The quantitative estimate of drug-likeness (QED) is 0.819. The van der Waals surface area contributed by atoms with Crippen LogP contribution in [0.2, 0.25) is 10.0 Å². The van der Waals surface area contributed by atoms with Crippen molar-refractivity contribution in [3.63, 3.8) is 0 Å². The number of aromatic nitrogens is 1. The fourth-order valence-corrected chi connectivity index (χ4v) is 3.26. The van der Waals surface area contributed by atoms with E-state index in [1.54, 1.807) is 35.2 Å². The van der Waals surface area contributed by atoms with Gasteiger partial charge in [0.05, 0.1) is 17.0 Å². The first-order valence-corrected chi connectivity index (χ1v) is 8.82. The number of pyridine rings is 1. The second kappa shape index (κ2) is 7.93. The normalized spacial score (nSPS) is 16.5. The van der Waals surface area contributed by atoms with E-state index < -0.39 is 5.97 Å². The Kier molecular flexibility index (Phi) is 5.64. The van der Waals surface area contributed by atoms with Crippen molar-refractivity contribution in [1.82, 2.24) is 9.88 Å². The number of halogens is 2. The van der Waals surface area contributed by atoms with Gasteiger partial charge in [0.15, 0.2) is 0 Å². The van der Waals surface area contributed by atoms with Gasteiger partial charge >= 0.3 is 5.97 Å². The van der Waals surface area contributed by atoms with Crippen LogP contribution in [0.4, 0.5) is 0 Å². The predicted octanol–water partition coefficient (Wildman–Crippen LogP) is 4.26. The summed E-state index contributed by atoms with van der Waals surface area (Å²) in [6.45, 7) is 0.549. The average Bonchev–Trinajstić information content (AvgIpc) is 3.06. The van der Waals surface area contributed by atoms with Gasteiger partial charge < -0.3 is 14.7 Å². The zero-order valence-corrected chi connectivity index (χ0v) is 15.2. The van der Waals surface area contributed by atoms with Gasteiger partial charge in [-0.15, -0.1) is 0 Å². The molecule has 2 heterocycles. The van der Waals surface area contributed by atoms with Crippen LogP contribution < -0.4 is 4.74 Å². The number of carbonyl (C=O) groups is 2. The van der Waals surface area contributed by atoms with Crippen molar-refractivity contribution in [3.05, 3.63) is 52.1 Å². The fraction of sp³-hybridized carbons (Fsp3) is 0.278. The Morgan fingerprint density at radius 1 is 1.27 bits per heavy atom. The van der Waals surface area contributed by atoms with Crippen molar-refractivity contribution >= 4 is 35.1 Å². The van der Waals surface area contributed by atoms with Gasteiger partial charge in [-0.1, -0.05) is 29.3 Å². The van der Waals surface area contributed by atoms with Crippen molar-refractivity contribution in [2.24, 2.45) is 0 Å². The molecule has 1 atom stereocenters. The van der Waals surface area contributed by atoms with Gasteiger partial charge in [-0.2, -0.15) is 0 Å². The molecule has 8 heteroatoms. The molecule has 1 saturated heterocycles. The minimum Gasteiger partial charge on any atom is -0.481 e. The number of aliphatic carboxylic acids is 1. The molecule has 0 saturated carbocycles. The van der Waals surface area contributed by atoms with Gasteiger partial charge in [0.25, 0.3) is 5.91 Å². The number of rotatable bonds is 5. The maximum absolute atomic E-state index is 12.6. The monoisotopic (exact) mass is 394 g/mol. The van der Waals surface area contributed by atoms with Gasteiger partial charge in [-0.3, -0.25) is 9.59 Å². The summed E-state index contributed by atoms with van der Waals surface area (Å²) in [6.07, 6.45) is 2.85. The van der Waals surface area contributed by atoms with Gasteiger partial charge in [0, 0.05) is 24.8 Å². The summed E-state index contributed by atoms with van der Waals surface area (Å²) in [5.41, 5.74) is 0.381. The number of carboxylic acid groups (broad SMARTS) is 1. The van der Waals surface area contributed by atoms with E-state index in [0.717, 1.165) is 6.42 Å². The van der Waals surface area contributed by atoms with Crippen LogP contribution in [0.3, 0.4) is 0 Å². The molecule has 6 nitrogen and oxygen atoms in total. The summed E-state index contributed by atoms with van der Waals surface area (Å²) in [7, 11) is 0. The van der Waals surface area contributed by atoms with Crippen LogP contribution in [0.15, 0.2) is 36.5 Å². The number of carboxylic acids is 1. The Bertz CT molecular complexity index is 826. The zero-order chi connectivity index (χ0) is 18.7. The summed E-state index contributed by atoms with van der Waals surface area (Å²) in [5, 5.41) is 9.63. The average molecular weight is 395 g/mol. The Hall–Kier alpha value is -2.31. The molecule has 1 aliphatic heterocycles. The van der Waals surface area contributed by atoms with Crippen LogP contribution >= 0.6 is 23.2 Å². The summed E-state index contributed by atoms with van der Waals surface area (Å²) < 4.78 is 5.59. The Labute approximate surface area is 160 Å². The van der Waals surface area contributed by atoms with E-state index >= 15 is 0 Å². The third kappa shape index (κ3) is 4.08. The van der Waals surface area contributed by atoms with Crippen molar-refractivity contribution in [2.45, 2.75) is 25.3 Å². The molecule has 0 bridgehead atoms. The van der Waals surface area contributed by atoms with E-state index in [-0.39, 0.29) is 29.3 Å². The van der Waals surface area contributed by atoms with Crippen molar-refractivity contribution in [1.29, 1.82) is 0 Å². The molecule has 0 aliphatic carbocycles. The van der Waals surface area contributed by atoms with Crippen molar-refractivity contribution in [3.8, 4) is 11.6 Å². The molecular formula is C18H16Cl2N2O4. The molecule has 1 aromatic heterocycles. The lowest BCUT2D eigenvalue weighted by Crippen LogP contribution is -2.36. The molecule has 0 radical (unpaired) electrons. The van der Waals surface area contributed by atoms with Gasteiger partial charge in [0.1, 0.15) is 10.8 Å². The number of benzene rings is 1. The Morgan fingerprint density at radius 2 is 2.08 bits per heavy atom. The summed E-state index contributed by atoms with van der Waals surface area (Å²) in [5.74, 6) is -0.496. The largest absolute Gasteiger partial charge is 0.481 e. The smallest absolute Gasteiger partial charge is 0.305 e. The van der Waals surface area contributed by atoms with Crippen molar-refractivity contribution in [2.75, 3.05) is 6.54 Å². The zero-order valence-electron chi connectivity index (χ0n) is 13.7. The second-order valence-corrected chi connectivity index (χ2v) is 6.72. The lowest BCUT2D eigenvalue weighted by atomic mass is 10.1. The van der Waals surface area contributed by atoms with E-state index in [9.17, 15) is 9.59 Å². The number of amides is 1. The number of ether oxygens (including phenoxy) is 1. The Morgan fingerprint density at radius 3 is 2.77 bits per heavy atom. The summed E-state index contributed by atoms with van der Waals surface area (Å²) >= 11 is 12.0. The standard InChI is InChI=1S/C18H16Cl2N2O4/c19-13-4-1-5-14(17(13)20)26-15-7-6-11(10-21-15)18(25)22-8-2-3-12(22)9-16(23)24/h1,4-7,10,12H,2-3,8-9H2,(H,23,24). The molecule has 1 aromatic carbocycles. The molecule has 136 valence electrons. The molecule has 0 spiro atoms. The highest BCUT2D eigenvalue weighted by Gasteiger charge is 2.31. The minimum absolute atomic E-state index is 0.0480. The number of nitrogens with zero attached hydrogens (tertiary/aromatic N) is 2. The van der Waals surface area contributed by atoms with Crippen LogP contribution in [0.5, 0.6) is 11.6 Å². The maximum Gasteiger partial charge on any atom is 0.305 e. The molecule has 1 aliphatic rings. The van der Waals surface area contributed by atoms with Crippen LogP contribution in [-0.2, 0) is 4.79 Å². The second-order valence-electron chi connectivity index (χ2n) is 5.93. The third-order valence-corrected chi connectivity index (χ3v) is 4.96. The molecule has 3 rings (SSSR count). The number of hydrogen-bond acceptors (Lipinski definition) is 4. The van der Waals surface area contributed by atoms with E-state index in [1.807, 2.05) is 0 Å². The number of likely N-dealkylation sites (tertiary alicyclic amines) is 1. The lowest BCUT2D eigenvalue weighted by Gasteiger charge is -2.23. The molecular weight excluding hydrogens is 379 g/mol. The first-order chi connectivity index (χ1) is 12.5. The van der Waals surface area contributed by atoms with Crippen LogP contribution in [0, 0.1) is 0 Å². The first-order valence-electron chi connectivity index (χ1n) is 8.06. The molecule has 1 N–H and O–H groups in total. The maximum atomic E-state index is 12.6. The topological polar surface area (TPSA) is 79.7 Å². The summed E-state index contributed by atoms with van der Waals surface area (Å²) in [6, 6.07) is 7.90. The molecule has 1 unspecified atom stereocenters. The SMILES string of the molecule is O=C(O)CC1CCCN1C(=O)c1ccc(Oc2cccc(Cl)c2Cl)nc1. The highest BCUT2D eigenvalue weighted by atomic mass is 35.5. The Balaban J connectivity index is 1.72. The number of carbonyl (C=O) groups excluding carboxylic acids is 1. The third-order valence-electron chi connectivity index (χ3n) is 4.16. The van der Waals surface area contributed by atoms with E-state index in [2.05, 4.69) is 4.98 Å². The molecule has 26 heavy (non-hydrogen) atoms. The van der Waals surface area contributed by atoms with Gasteiger partial charge in [0.2, 0.25) is 5.88 Å². The molecule has 1 amide bonds.